The van der Waals surface area contributed by atoms with E-state index in [9.17, 15) is 24.9 Å². The molecule has 22 heavy (non-hydrogen) atoms. The van der Waals surface area contributed by atoms with Gasteiger partial charge in [0, 0.05) is 13.2 Å². The lowest BCUT2D eigenvalue weighted by Gasteiger charge is -2.29. The maximum absolute atomic E-state index is 11.8. The second-order valence-electron chi connectivity index (χ2n) is 5.03. The minimum Gasteiger partial charge on any atom is -0.394 e. The molecule has 1 aliphatic rings. The molecule has 1 saturated heterocycles. The summed E-state index contributed by atoms with van der Waals surface area (Å²) < 4.78 is 6.28. The molecule has 2 rings (SSSR count). The Labute approximate surface area is 125 Å². The fourth-order valence-corrected chi connectivity index (χ4v) is 2.40. The number of amides is 1. The first kappa shape index (κ1) is 16.4. The molecule has 10 heteroatoms. The second-order valence-corrected chi connectivity index (χ2v) is 5.03. The van der Waals surface area contributed by atoms with Crippen molar-refractivity contribution in [3.05, 3.63) is 22.7 Å². The van der Waals surface area contributed by atoms with Crippen LogP contribution in [0.1, 0.15) is 12.6 Å². The number of hydrogen-bond acceptors (Lipinski definition) is 8. The highest BCUT2D eigenvalue weighted by molar-refractivity contribution is 5.77. The smallest absolute Gasteiger partial charge is 0.351 e. The molecule has 1 aliphatic heterocycles. The van der Waals surface area contributed by atoms with E-state index in [0.717, 1.165) is 4.57 Å². The molecular formula is C12H18N4O6. The Morgan fingerprint density at radius 3 is 2.86 bits per heavy atom. The van der Waals surface area contributed by atoms with Crippen molar-refractivity contribution in [3.8, 4) is 0 Å². The van der Waals surface area contributed by atoms with Gasteiger partial charge in [0.1, 0.15) is 23.6 Å². The zero-order chi connectivity index (χ0) is 16.5. The van der Waals surface area contributed by atoms with Crippen LogP contribution in [0.3, 0.4) is 0 Å². The van der Waals surface area contributed by atoms with Gasteiger partial charge in [-0.05, 0) is 6.07 Å². The number of ether oxygens (including phenoxy) is 1. The summed E-state index contributed by atoms with van der Waals surface area (Å²) in [5, 5.41) is 32.5. The fraction of sp³-hybridized carbons (Fsp3) is 0.583. The van der Waals surface area contributed by atoms with Crippen LogP contribution in [-0.4, -0.2) is 62.2 Å². The maximum atomic E-state index is 11.8. The van der Waals surface area contributed by atoms with Crippen LogP contribution in [-0.2, 0) is 9.53 Å². The minimum atomic E-state index is -2.04. The summed E-state index contributed by atoms with van der Waals surface area (Å²) in [6, 6.07) is 1.32. The third kappa shape index (κ3) is 2.68. The van der Waals surface area contributed by atoms with Gasteiger partial charge in [0.25, 0.3) is 0 Å². The van der Waals surface area contributed by atoms with Gasteiger partial charge in [-0.15, -0.1) is 0 Å². The molecule has 0 unspecified atom stereocenters. The molecule has 122 valence electrons. The zero-order valence-electron chi connectivity index (χ0n) is 11.8. The second kappa shape index (κ2) is 6.01. The number of aromatic nitrogens is 2. The van der Waals surface area contributed by atoms with Gasteiger partial charge in [-0.3, -0.25) is 9.36 Å². The van der Waals surface area contributed by atoms with Crippen molar-refractivity contribution in [1.29, 1.82) is 0 Å². The largest absolute Gasteiger partial charge is 0.394 e. The van der Waals surface area contributed by atoms with E-state index in [1.165, 1.54) is 19.3 Å². The number of nitrogens with one attached hydrogen (secondary N) is 1. The summed E-state index contributed by atoms with van der Waals surface area (Å²) in [5.41, 5.74) is 2.55. The van der Waals surface area contributed by atoms with Crippen molar-refractivity contribution in [2.45, 2.75) is 30.5 Å². The van der Waals surface area contributed by atoms with Gasteiger partial charge in [-0.2, -0.15) is 4.98 Å². The number of aliphatic hydroxyl groups is 3. The van der Waals surface area contributed by atoms with E-state index >= 15 is 0 Å². The molecule has 0 aliphatic carbocycles. The van der Waals surface area contributed by atoms with E-state index in [0.29, 0.717) is 0 Å². The molecule has 10 nitrogen and oxygen atoms in total. The molecular weight excluding hydrogens is 296 g/mol. The zero-order valence-corrected chi connectivity index (χ0v) is 11.8. The molecule has 4 atom stereocenters. The van der Waals surface area contributed by atoms with Gasteiger partial charge in [0.2, 0.25) is 5.91 Å². The predicted octanol–water partition coefficient (Wildman–Crippen LogP) is -3.06. The summed E-state index contributed by atoms with van der Waals surface area (Å²) in [6.45, 7) is -0.641. The van der Waals surface area contributed by atoms with Crippen LogP contribution in [0.2, 0.25) is 0 Å². The molecule has 2 heterocycles. The van der Waals surface area contributed by atoms with Crippen LogP contribution in [0.4, 0.5) is 5.82 Å². The Hall–Kier alpha value is -2.01. The van der Waals surface area contributed by atoms with E-state index in [1.807, 2.05) is 0 Å². The molecule has 1 amide bonds. The lowest BCUT2D eigenvalue weighted by atomic mass is 9.88. The summed E-state index contributed by atoms with van der Waals surface area (Å²) in [4.78, 5) is 26.8. The van der Waals surface area contributed by atoms with E-state index in [-0.39, 0.29) is 5.82 Å². The molecule has 1 aromatic rings. The molecule has 0 radical (unpaired) electrons. The Morgan fingerprint density at radius 2 is 2.32 bits per heavy atom. The Bertz CT molecular complexity index is 620. The highest BCUT2D eigenvalue weighted by Crippen LogP contribution is 2.38. The Balaban J connectivity index is 2.36. The van der Waals surface area contributed by atoms with Gasteiger partial charge in [0.15, 0.2) is 6.23 Å². The lowest BCUT2D eigenvalue weighted by molar-refractivity contribution is -0.136. The summed E-state index contributed by atoms with van der Waals surface area (Å²) in [6.07, 6.45) is -3.41. The predicted molar refractivity (Wildman–Crippen MR) is 73.5 cm³/mol. The number of carbonyl (C=O) groups excluding carboxylic acids is 1. The normalized spacial score (nSPS) is 31.2. The van der Waals surface area contributed by atoms with Gasteiger partial charge >= 0.3 is 5.69 Å². The van der Waals surface area contributed by atoms with Crippen LogP contribution >= 0.6 is 0 Å². The van der Waals surface area contributed by atoms with Crippen molar-refractivity contribution in [1.82, 2.24) is 14.9 Å². The minimum absolute atomic E-state index is 0.00642. The third-order valence-corrected chi connectivity index (χ3v) is 3.66. The van der Waals surface area contributed by atoms with Crippen LogP contribution in [0.25, 0.3) is 0 Å². The molecule has 6 N–H and O–H groups in total. The number of aliphatic hydroxyl groups excluding tert-OH is 2. The van der Waals surface area contributed by atoms with Crippen molar-refractivity contribution in [2.75, 3.05) is 19.4 Å². The average molecular weight is 314 g/mol. The number of carbonyl (C=O) groups is 1. The summed E-state index contributed by atoms with van der Waals surface area (Å²) in [7, 11) is 1.37. The summed E-state index contributed by atoms with van der Waals surface area (Å²) in [5.74, 6) is -0.555. The third-order valence-electron chi connectivity index (χ3n) is 3.66. The highest BCUT2D eigenvalue weighted by atomic mass is 16.6. The van der Waals surface area contributed by atoms with Gasteiger partial charge in [-0.25, -0.2) is 4.79 Å². The molecule has 0 saturated carbocycles. The van der Waals surface area contributed by atoms with E-state index in [1.54, 1.807) is 0 Å². The number of rotatable bonds is 4. The van der Waals surface area contributed by atoms with E-state index < -0.39 is 48.7 Å². The fourth-order valence-electron chi connectivity index (χ4n) is 2.40. The van der Waals surface area contributed by atoms with E-state index in [2.05, 4.69) is 10.3 Å². The SMILES string of the molecule is CNC(=O)C[C@@]1(O)[C@@H](CO)O[C@@H](n2ccc(N)nc2=O)[C@@H]1O. The number of nitrogen functional groups attached to an aromatic ring is 1. The maximum Gasteiger partial charge on any atom is 0.351 e. The van der Waals surface area contributed by atoms with E-state index in [4.69, 9.17) is 10.5 Å². The van der Waals surface area contributed by atoms with Crippen LogP contribution in [0.15, 0.2) is 17.1 Å². The Kier molecular flexibility index (Phi) is 4.47. The quantitative estimate of drug-likeness (QED) is 0.391. The standard InChI is InChI=1S/C12H18N4O6/c1-14-8(18)4-12(21)6(5-17)22-10(9(12)19)16-3-2-7(13)15-11(16)20/h2-3,6,9-10,17,19,21H,4-5H2,1H3,(H,14,18)(H2,13,15,20)/t6-,9+,10-,12-/m1/s1. The van der Waals surface area contributed by atoms with Gasteiger partial charge < -0.3 is 31.1 Å². The van der Waals surface area contributed by atoms with Crippen LogP contribution in [0.5, 0.6) is 0 Å². The average Bonchev–Trinajstić information content (AvgIpc) is 2.71. The summed E-state index contributed by atoms with van der Waals surface area (Å²) >= 11 is 0. The Morgan fingerprint density at radius 1 is 1.64 bits per heavy atom. The first-order valence-corrected chi connectivity index (χ1v) is 6.55. The lowest BCUT2D eigenvalue weighted by Crippen LogP contribution is -2.52. The topological polar surface area (TPSA) is 160 Å². The number of nitrogens with zero attached hydrogens (tertiary/aromatic N) is 2. The molecule has 0 bridgehead atoms. The van der Waals surface area contributed by atoms with Crippen molar-refractivity contribution in [2.24, 2.45) is 0 Å². The van der Waals surface area contributed by atoms with Crippen molar-refractivity contribution >= 4 is 11.7 Å². The van der Waals surface area contributed by atoms with Crippen LogP contribution < -0.4 is 16.7 Å². The highest BCUT2D eigenvalue weighted by Gasteiger charge is 2.56. The molecule has 0 spiro atoms. The van der Waals surface area contributed by atoms with Gasteiger partial charge in [-0.1, -0.05) is 0 Å². The number of anilines is 1. The van der Waals surface area contributed by atoms with Gasteiger partial charge in [0.05, 0.1) is 13.0 Å². The first-order valence-electron chi connectivity index (χ1n) is 6.55. The molecule has 1 fully saturated rings. The van der Waals surface area contributed by atoms with Crippen molar-refractivity contribution in [3.63, 3.8) is 0 Å². The molecule has 0 aromatic carbocycles. The number of nitrogens with two attached hydrogens (primary N) is 1. The van der Waals surface area contributed by atoms with Crippen LogP contribution in [0, 0.1) is 0 Å². The van der Waals surface area contributed by atoms with Crippen molar-refractivity contribution < 1.29 is 24.9 Å². The molecule has 1 aromatic heterocycles. The first-order chi connectivity index (χ1) is 10.3. The number of hydrogen-bond donors (Lipinski definition) is 5. The monoisotopic (exact) mass is 314 g/mol.